The van der Waals surface area contributed by atoms with Crippen LogP contribution < -0.4 is 0 Å². The Bertz CT molecular complexity index is 158. The van der Waals surface area contributed by atoms with Crippen molar-refractivity contribution >= 4 is 16.4 Å². The van der Waals surface area contributed by atoms with Crippen molar-refractivity contribution in [3.8, 4) is 0 Å². The third-order valence-electron chi connectivity index (χ3n) is 0. The third-order valence-corrected chi connectivity index (χ3v) is 0. The predicted octanol–water partition coefficient (Wildman–Crippen LogP) is -0.564. The van der Waals surface area contributed by atoms with Gasteiger partial charge in [-0.1, -0.05) is 0 Å². The van der Waals surface area contributed by atoms with Gasteiger partial charge in [-0.3, -0.25) is 13.9 Å². The fourth-order valence-electron chi connectivity index (χ4n) is 0. The van der Waals surface area contributed by atoms with Crippen LogP contribution in [0.3, 0.4) is 0 Å². The van der Waals surface area contributed by atoms with Gasteiger partial charge in [0.05, 0.1) is 0 Å². The third kappa shape index (κ3) is 288000. The predicted molar refractivity (Wildman–Crippen MR) is 27.5 cm³/mol. The molecule has 0 amide bonds. The second-order valence-electron chi connectivity index (χ2n) is 0.967. The molecule has 3 N–H and O–H groups in total. The van der Waals surface area contributed by atoms with Crippen molar-refractivity contribution in [3.05, 3.63) is 0 Å². The zero-order valence-corrected chi connectivity index (χ0v) is 8.97. The molecule has 0 atom stereocenters. The fourth-order valence-corrected chi connectivity index (χ4v) is 0. The van der Waals surface area contributed by atoms with Crippen LogP contribution in [0.2, 0.25) is 0 Å². The van der Waals surface area contributed by atoms with Gasteiger partial charge in [-0.15, -0.1) is 0 Å². The molecule has 0 aromatic heterocycles. The molecule has 6 nitrogen and oxygen atoms in total. The molecule has 0 aliphatic rings. The van der Waals surface area contributed by atoms with E-state index in [1.54, 1.807) is 0 Å². The van der Waals surface area contributed by atoms with Crippen molar-refractivity contribution in [1.82, 2.24) is 0 Å². The molecule has 0 spiro atoms. The van der Waals surface area contributed by atoms with Crippen molar-refractivity contribution in [2.24, 2.45) is 0 Å². The minimum atomic E-state index is -4.67. The van der Waals surface area contributed by atoms with Crippen molar-refractivity contribution in [2.75, 3.05) is 0 Å². The number of carbonyl (C=O) groups is 1. The average molecular weight is 224 g/mol. The molecule has 0 unspecified atom stereocenters. The summed E-state index contributed by atoms with van der Waals surface area (Å²) in [5, 5.41) is 7.42. The second-order valence-corrected chi connectivity index (χ2v) is 1.86. The Balaban J connectivity index is -0.0000000910. The summed E-state index contributed by atoms with van der Waals surface area (Å²) in [6.45, 7) is 1.08. The number of hydrogen-bond donors (Lipinski definition) is 3. The van der Waals surface area contributed by atoms with Crippen molar-refractivity contribution in [1.29, 1.82) is 0 Å². The molecule has 0 radical (unpaired) electrons. The summed E-state index contributed by atoms with van der Waals surface area (Å²) >= 11 is 0. The number of carboxylic acids is 1. The van der Waals surface area contributed by atoms with E-state index in [0.29, 0.717) is 0 Å². The van der Waals surface area contributed by atoms with Crippen LogP contribution in [0.25, 0.3) is 0 Å². The van der Waals surface area contributed by atoms with Crippen LogP contribution >= 0.6 is 0 Å². The monoisotopic (exact) mass is 222 g/mol. The molecule has 0 heterocycles. The molecule has 58 valence electrons. The Morgan fingerprint density at radius 2 is 1.30 bits per heavy atom. The summed E-state index contributed by atoms with van der Waals surface area (Å²) in [4.78, 5) is 9.00. The molecule has 0 rings (SSSR count). The molecule has 0 fully saturated rings. The summed E-state index contributed by atoms with van der Waals surface area (Å²) in [6, 6.07) is 0. The van der Waals surface area contributed by atoms with E-state index >= 15 is 0 Å². The fraction of sp³-hybridized carbons (Fsp3) is 0.500. The maximum Gasteiger partial charge on any atom is 0.394 e. The van der Waals surface area contributed by atoms with E-state index in [1.807, 2.05) is 0 Å². The normalized spacial score (nSPS) is 8.30. The van der Waals surface area contributed by atoms with E-state index in [1.165, 1.54) is 0 Å². The van der Waals surface area contributed by atoms with Crippen LogP contribution in [-0.4, -0.2) is 28.6 Å². The van der Waals surface area contributed by atoms with Gasteiger partial charge in [-0.25, -0.2) is 0 Å². The molecule has 0 bridgehead atoms. The Morgan fingerprint density at radius 1 is 1.30 bits per heavy atom. The summed E-state index contributed by atoms with van der Waals surface area (Å²) in [5.41, 5.74) is 0. The number of hydrogen-bond acceptors (Lipinski definition) is 3. The van der Waals surface area contributed by atoms with Crippen LogP contribution in [0.5, 0.6) is 0 Å². The first-order chi connectivity index (χ1) is 3.73. The number of carboxylic acid groups (broad SMARTS) is 1. The molecule has 8 heteroatoms. The average Bonchev–Trinajstić information content (AvgIpc) is 1.19. The first-order valence-corrected chi connectivity index (χ1v) is 3.02. The Morgan fingerprint density at radius 3 is 1.30 bits per heavy atom. The van der Waals surface area contributed by atoms with E-state index < -0.39 is 16.4 Å². The second kappa shape index (κ2) is 7.07. The minimum Gasteiger partial charge on any atom is -0.481 e. The van der Waals surface area contributed by atoms with Gasteiger partial charge in [0, 0.05) is 26.4 Å². The summed E-state index contributed by atoms with van der Waals surface area (Å²) in [6.07, 6.45) is 0. The SMILES string of the molecule is CC(=O)O.O=S(=O)(O)O.[Zn]. The molecular formula is C2H6O6SZn. The Labute approximate surface area is 70.6 Å². The molecule has 0 aromatic carbocycles. The smallest absolute Gasteiger partial charge is 0.394 e. The Hall–Kier alpha value is -0.0366. The standard InChI is InChI=1S/C2H4O2.H2O4S.Zn/c1-2(3)4;1-5(2,3)4;/h1H3,(H,3,4);(H2,1,2,3,4);. The van der Waals surface area contributed by atoms with Crippen LogP contribution in [-0.2, 0) is 34.7 Å². The quantitative estimate of drug-likeness (QED) is 0.375. The number of aliphatic carboxylic acids is 1. The molecular weight excluding hydrogens is 217 g/mol. The van der Waals surface area contributed by atoms with Gasteiger partial charge in [0.2, 0.25) is 0 Å². The maximum atomic E-state index is 9.00. The van der Waals surface area contributed by atoms with Gasteiger partial charge in [0.15, 0.2) is 0 Å². The zero-order chi connectivity index (χ0) is 8.08. The molecule has 0 aliphatic carbocycles. The van der Waals surface area contributed by atoms with E-state index in [2.05, 4.69) is 0 Å². The maximum absolute atomic E-state index is 9.00. The van der Waals surface area contributed by atoms with Crippen molar-refractivity contribution in [2.45, 2.75) is 6.92 Å². The van der Waals surface area contributed by atoms with Crippen LogP contribution in [0.15, 0.2) is 0 Å². The molecule has 0 saturated heterocycles. The zero-order valence-electron chi connectivity index (χ0n) is 5.18. The van der Waals surface area contributed by atoms with E-state index in [0.717, 1.165) is 6.92 Å². The molecule has 0 aromatic rings. The van der Waals surface area contributed by atoms with Gasteiger partial charge in [0.1, 0.15) is 0 Å². The Kier molecular flexibility index (Phi) is 11.7. The van der Waals surface area contributed by atoms with E-state index in [9.17, 15) is 0 Å². The van der Waals surface area contributed by atoms with Crippen LogP contribution in [0, 0.1) is 0 Å². The summed E-state index contributed by atoms with van der Waals surface area (Å²) < 4.78 is 31.6. The number of rotatable bonds is 0. The minimum absolute atomic E-state index is 0. The van der Waals surface area contributed by atoms with Gasteiger partial charge in [-0.05, 0) is 0 Å². The molecule has 0 aliphatic heterocycles. The van der Waals surface area contributed by atoms with Gasteiger partial charge in [-0.2, -0.15) is 8.42 Å². The van der Waals surface area contributed by atoms with Crippen LogP contribution in [0.1, 0.15) is 6.92 Å². The van der Waals surface area contributed by atoms with E-state index in [4.69, 9.17) is 27.4 Å². The van der Waals surface area contributed by atoms with Gasteiger partial charge >= 0.3 is 10.4 Å². The molecule has 10 heavy (non-hydrogen) atoms. The van der Waals surface area contributed by atoms with Crippen molar-refractivity contribution in [3.63, 3.8) is 0 Å². The largest absolute Gasteiger partial charge is 0.481 e. The summed E-state index contributed by atoms with van der Waals surface area (Å²) in [5.74, 6) is -0.833. The molecule has 0 saturated carbocycles. The van der Waals surface area contributed by atoms with Gasteiger partial charge in [0.25, 0.3) is 5.97 Å². The first-order valence-electron chi connectivity index (χ1n) is 1.63. The first kappa shape index (κ1) is 16.5. The van der Waals surface area contributed by atoms with Gasteiger partial charge < -0.3 is 5.11 Å². The summed E-state index contributed by atoms with van der Waals surface area (Å²) in [7, 11) is -4.67. The topological polar surface area (TPSA) is 112 Å². The van der Waals surface area contributed by atoms with Crippen molar-refractivity contribution < 1.29 is 46.9 Å². The van der Waals surface area contributed by atoms with Crippen LogP contribution in [0.4, 0.5) is 0 Å². The van der Waals surface area contributed by atoms with E-state index in [-0.39, 0.29) is 19.5 Å².